The number of esters is 1. The molecule has 1 aromatic heterocycles. The van der Waals surface area contributed by atoms with E-state index in [0.717, 1.165) is 5.76 Å². The number of ether oxygens (including phenoxy) is 1. The van der Waals surface area contributed by atoms with E-state index in [2.05, 4.69) is 15.0 Å². The van der Waals surface area contributed by atoms with Crippen LogP contribution in [-0.4, -0.2) is 18.1 Å². The van der Waals surface area contributed by atoms with E-state index in [1.54, 1.807) is 24.4 Å². The number of hydrogen-bond donors (Lipinski definition) is 2. The molecule has 1 heterocycles. The van der Waals surface area contributed by atoms with Crippen LogP contribution in [0.2, 0.25) is 0 Å². The van der Waals surface area contributed by atoms with Gasteiger partial charge in [-0.3, -0.25) is 0 Å². The van der Waals surface area contributed by atoms with Crippen LogP contribution in [0.15, 0.2) is 28.8 Å². The molecule has 0 aliphatic rings. The molecule has 6 heteroatoms. The second-order valence-electron chi connectivity index (χ2n) is 4.01. The fourth-order valence-corrected chi connectivity index (χ4v) is 1.61. The normalized spacial score (nSPS) is 10.2. The Kier molecular flexibility index (Phi) is 3.70. The highest BCUT2D eigenvalue weighted by atomic mass is 16.5. The monoisotopic (exact) mass is 261 g/mol. The number of carbonyl (C=O) groups is 1. The van der Waals surface area contributed by atoms with E-state index in [4.69, 9.17) is 10.2 Å². The molecule has 2 aromatic rings. The number of nitrogens with two attached hydrogens (primary N) is 1. The topological polar surface area (TPSA) is 90.4 Å². The SMILES string of the molecule is COC(=O)c1ccc(N)c(NCc2ncc(C)o2)c1. The van der Waals surface area contributed by atoms with Crippen molar-refractivity contribution in [1.82, 2.24) is 4.98 Å². The molecule has 0 aliphatic carbocycles. The van der Waals surface area contributed by atoms with Gasteiger partial charge in [0.05, 0.1) is 36.8 Å². The Morgan fingerprint density at radius 3 is 2.95 bits per heavy atom. The van der Waals surface area contributed by atoms with Crippen LogP contribution >= 0.6 is 0 Å². The fraction of sp³-hybridized carbons (Fsp3) is 0.231. The fourth-order valence-electron chi connectivity index (χ4n) is 1.61. The van der Waals surface area contributed by atoms with E-state index >= 15 is 0 Å². The van der Waals surface area contributed by atoms with Crippen molar-refractivity contribution in [3.63, 3.8) is 0 Å². The van der Waals surface area contributed by atoms with Gasteiger partial charge in [0, 0.05) is 0 Å². The number of anilines is 2. The van der Waals surface area contributed by atoms with Crippen molar-refractivity contribution < 1.29 is 13.9 Å². The summed E-state index contributed by atoms with van der Waals surface area (Å²) in [7, 11) is 1.33. The van der Waals surface area contributed by atoms with E-state index in [-0.39, 0.29) is 0 Å². The number of aryl methyl sites for hydroxylation is 1. The second-order valence-corrected chi connectivity index (χ2v) is 4.01. The number of rotatable bonds is 4. The first kappa shape index (κ1) is 12.9. The average Bonchev–Trinajstić information content (AvgIpc) is 2.82. The minimum absolute atomic E-state index is 0.392. The van der Waals surface area contributed by atoms with E-state index in [1.165, 1.54) is 7.11 Å². The van der Waals surface area contributed by atoms with Gasteiger partial charge in [-0.1, -0.05) is 0 Å². The summed E-state index contributed by atoms with van der Waals surface area (Å²) >= 11 is 0. The van der Waals surface area contributed by atoms with Crippen molar-refractivity contribution in [3.8, 4) is 0 Å². The Bertz CT molecular complexity index is 593. The molecule has 0 saturated heterocycles. The summed E-state index contributed by atoms with van der Waals surface area (Å²) in [6.07, 6.45) is 1.64. The van der Waals surface area contributed by atoms with Crippen molar-refractivity contribution >= 4 is 17.3 Å². The van der Waals surface area contributed by atoms with Crippen LogP contribution in [0.1, 0.15) is 22.0 Å². The standard InChI is InChI=1S/C13H15N3O3/c1-8-6-16-12(19-8)7-15-11-5-9(13(17)18-2)3-4-10(11)14/h3-6,15H,7,14H2,1-2H3. The molecule has 0 atom stereocenters. The maximum absolute atomic E-state index is 11.4. The maximum Gasteiger partial charge on any atom is 0.337 e. The van der Waals surface area contributed by atoms with Crippen LogP contribution < -0.4 is 11.1 Å². The molecule has 0 aliphatic heterocycles. The van der Waals surface area contributed by atoms with Crippen molar-refractivity contribution in [3.05, 3.63) is 41.6 Å². The van der Waals surface area contributed by atoms with Gasteiger partial charge in [-0.05, 0) is 25.1 Å². The summed E-state index contributed by atoms with van der Waals surface area (Å²) in [6.45, 7) is 2.21. The Morgan fingerprint density at radius 2 is 2.32 bits per heavy atom. The number of aromatic nitrogens is 1. The Balaban J connectivity index is 2.12. The number of methoxy groups -OCH3 is 1. The summed E-state index contributed by atoms with van der Waals surface area (Å²) in [6, 6.07) is 4.90. The van der Waals surface area contributed by atoms with Crippen molar-refractivity contribution in [2.24, 2.45) is 0 Å². The number of nitrogens with one attached hydrogen (secondary N) is 1. The molecule has 0 radical (unpaired) electrons. The molecular formula is C13H15N3O3. The van der Waals surface area contributed by atoms with Gasteiger partial charge in [-0.2, -0.15) is 0 Å². The molecule has 0 fully saturated rings. The quantitative estimate of drug-likeness (QED) is 0.646. The molecule has 100 valence electrons. The molecular weight excluding hydrogens is 246 g/mol. The van der Waals surface area contributed by atoms with Crippen molar-refractivity contribution in [1.29, 1.82) is 0 Å². The number of carbonyl (C=O) groups excluding carboxylic acids is 1. The Labute approximate surface area is 110 Å². The van der Waals surface area contributed by atoms with E-state index in [9.17, 15) is 4.79 Å². The number of hydrogen-bond acceptors (Lipinski definition) is 6. The molecule has 2 rings (SSSR count). The Morgan fingerprint density at radius 1 is 1.53 bits per heavy atom. The molecule has 0 amide bonds. The van der Waals surface area contributed by atoms with Crippen LogP contribution in [0.25, 0.3) is 0 Å². The molecule has 0 unspecified atom stereocenters. The van der Waals surface area contributed by atoms with Gasteiger partial charge in [0.15, 0.2) is 0 Å². The van der Waals surface area contributed by atoms with E-state index in [0.29, 0.717) is 29.4 Å². The number of benzene rings is 1. The van der Waals surface area contributed by atoms with Crippen LogP contribution in [0.5, 0.6) is 0 Å². The van der Waals surface area contributed by atoms with E-state index in [1.807, 2.05) is 6.92 Å². The first-order chi connectivity index (χ1) is 9.10. The minimum atomic E-state index is -0.407. The highest BCUT2D eigenvalue weighted by molar-refractivity contribution is 5.91. The van der Waals surface area contributed by atoms with E-state index < -0.39 is 5.97 Å². The summed E-state index contributed by atoms with van der Waals surface area (Å²) in [5.41, 5.74) is 7.44. The van der Waals surface area contributed by atoms with Gasteiger partial charge in [0.25, 0.3) is 0 Å². The van der Waals surface area contributed by atoms with Crippen LogP contribution in [-0.2, 0) is 11.3 Å². The zero-order valence-corrected chi connectivity index (χ0v) is 10.8. The summed E-state index contributed by atoms with van der Waals surface area (Å²) in [5.74, 6) is 0.892. The lowest BCUT2D eigenvalue weighted by Gasteiger charge is -2.09. The zero-order valence-electron chi connectivity index (χ0n) is 10.8. The third kappa shape index (κ3) is 3.04. The van der Waals surface area contributed by atoms with Gasteiger partial charge in [0.1, 0.15) is 5.76 Å². The summed E-state index contributed by atoms with van der Waals surface area (Å²) in [4.78, 5) is 15.5. The smallest absolute Gasteiger partial charge is 0.337 e. The predicted octanol–water partition coefficient (Wildman–Crippen LogP) is 1.96. The van der Waals surface area contributed by atoms with Gasteiger partial charge >= 0.3 is 5.97 Å². The molecule has 0 bridgehead atoms. The molecule has 3 N–H and O–H groups in total. The minimum Gasteiger partial charge on any atom is -0.465 e. The summed E-state index contributed by atoms with van der Waals surface area (Å²) in [5, 5.41) is 3.07. The Hall–Kier alpha value is -2.50. The molecule has 0 spiro atoms. The lowest BCUT2D eigenvalue weighted by atomic mass is 10.1. The van der Waals surface area contributed by atoms with Crippen LogP contribution in [0.4, 0.5) is 11.4 Å². The van der Waals surface area contributed by atoms with Gasteiger partial charge < -0.3 is 20.2 Å². The number of nitrogen functional groups attached to an aromatic ring is 1. The first-order valence-electron chi connectivity index (χ1n) is 5.73. The second kappa shape index (κ2) is 5.43. The number of oxazole rings is 1. The molecule has 0 saturated carbocycles. The highest BCUT2D eigenvalue weighted by Crippen LogP contribution is 2.21. The van der Waals surface area contributed by atoms with Gasteiger partial charge in [-0.15, -0.1) is 0 Å². The van der Waals surface area contributed by atoms with Crippen LogP contribution in [0, 0.1) is 6.92 Å². The number of nitrogens with zero attached hydrogens (tertiary/aromatic N) is 1. The van der Waals surface area contributed by atoms with Crippen molar-refractivity contribution in [2.45, 2.75) is 13.5 Å². The third-order valence-electron chi connectivity index (χ3n) is 2.57. The third-order valence-corrected chi connectivity index (χ3v) is 2.57. The lowest BCUT2D eigenvalue weighted by molar-refractivity contribution is 0.0601. The zero-order chi connectivity index (χ0) is 13.8. The molecule has 6 nitrogen and oxygen atoms in total. The first-order valence-corrected chi connectivity index (χ1v) is 5.73. The average molecular weight is 261 g/mol. The largest absolute Gasteiger partial charge is 0.465 e. The maximum atomic E-state index is 11.4. The predicted molar refractivity (Wildman–Crippen MR) is 70.8 cm³/mol. The van der Waals surface area contributed by atoms with Gasteiger partial charge in [0.2, 0.25) is 5.89 Å². The highest BCUT2D eigenvalue weighted by Gasteiger charge is 2.09. The molecule has 19 heavy (non-hydrogen) atoms. The van der Waals surface area contributed by atoms with Gasteiger partial charge in [-0.25, -0.2) is 9.78 Å². The van der Waals surface area contributed by atoms with Crippen LogP contribution in [0.3, 0.4) is 0 Å². The molecule has 1 aromatic carbocycles. The van der Waals surface area contributed by atoms with Crippen molar-refractivity contribution in [2.75, 3.05) is 18.2 Å². The lowest BCUT2D eigenvalue weighted by Crippen LogP contribution is -2.06. The summed E-state index contributed by atoms with van der Waals surface area (Å²) < 4.78 is 10.00.